The lowest BCUT2D eigenvalue weighted by atomic mass is 9.91. The van der Waals surface area contributed by atoms with E-state index in [0.717, 1.165) is 24.6 Å². The number of thiophene rings is 1. The van der Waals surface area contributed by atoms with Crippen molar-refractivity contribution in [1.29, 1.82) is 0 Å². The van der Waals surface area contributed by atoms with Gasteiger partial charge < -0.3 is 20.5 Å². The molecule has 0 radical (unpaired) electrons. The molecule has 0 spiro atoms. The fraction of sp³-hybridized carbons (Fsp3) is 0.421. The zero-order valence-electron chi connectivity index (χ0n) is 15.7. The second-order valence-corrected chi connectivity index (χ2v) is 7.33. The number of hydrogen-bond acceptors (Lipinski definition) is 4. The van der Waals surface area contributed by atoms with E-state index in [4.69, 9.17) is 4.74 Å². The van der Waals surface area contributed by atoms with Gasteiger partial charge in [-0.3, -0.25) is 0 Å². The predicted octanol–water partition coefficient (Wildman–Crippen LogP) is 4.11. The molecule has 144 valence electrons. The van der Waals surface area contributed by atoms with Crippen molar-refractivity contribution in [3.8, 4) is 11.5 Å². The molecule has 1 heterocycles. The van der Waals surface area contributed by atoms with Gasteiger partial charge in [0.1, 0.15) is 0 Å². The van der Waals surface area contributed by atoms with Crippen molar-refractivity contribution in [2.45, 2.75) is 32.7 Å². The second kappa shape index (κ2) is 10.6. The van der Waals surface area contributed by atoms with E-state index < -0.39 is 0 Å². The molecule has 0 aliphatic carbocycles. The number of methoxy groups -OCH3 is 1. The van der Waals surface area contributed by atoms with Crippen LogP contribution in [0.3, 0.4) is 0 Å². The van der Waals surface area contributed by atoms with E-state index in [9.17, 15) is 5.11 Å². The normalized spacial score (nSPS) is 11.6. The van der Waals surface area contributed by atoms with Crippen LogP contribution in [-0.2, 0) is 12.0 Å². The second-order valence-electron chi connectivity index (χ2n) is 6.38. The predicted molar refractivity (Wildman–Crippen MR) is 120 cm³/mol. The zero-order chi connectivity index (χ0) is 18.3. The van der Waals surface area contributed by atoms with Gasteiger partial charge in [-0.05, 0) is 24.4 Å². The molecule has 7 heteroatoms. The molecule has 0 aliphatic rings. The number of phenolic OH excluding ortho intramolecular Hbond substituents is 1. The Morgan fingerprint density at radius 1 is 1.23 bits per heavy atom. The van der Waals surface area contributed by atoms with E-state index in [2.05, 4.69) is 47.0 Å². The van der Waals surface area contributed by atoms with Gasteiger partial charge in [0.2, 0.25) is 0 Å². The molecule has 0 fully saturated rings. The van der Waals surface area contributed by atoms with Crippen molar-refractivity contribution >= 4 is 41.3 Å². The minimum atomic E-state index is 0. The summed E-state index contributed by atoms with van der Waals surface area (Å²) in [5.74, 6) is 1.34. The number of ether oxygens (including phenoxy) is 1. The number of aliphatic imine (C=N–C) groups is 1. The van der Waals surface area contributed by atoms with Crippen LogP contribution < -0.4 is 15.4 Å². The van der Waals surface area contributed by atoms with E-state index in [1.165, 1.54) is 4.88 Å². The number of guanidine groups is 1. The van der Waals surface area contributed by atoms with E-state index in [1.54, 1.807) is 24.5 Å². The van der Waals surface area contributed by atoms with E-state index in [0.29, 0.717) is 12.3 Å². The van der Waals surface area contributed by atoms with Gasteiger partial charge in [0, 0.05) is 28.9 Å². The third kappa shape index (κ3) is 6.05. The fourth-order valence-electron chi connectivity index (χ4n) is 2.42. The van der Waals surface area contributed by atoms with Gasteiger partial charge in [-0.25, -0.2) is 4.99 Å². The summed E-state index contributed by atoms with van der Waals surface area (Å²) in [5.41, 5.74) is 0.747. The molecule has 3 N–H and O–H groups in total. The van der Waals surface area contributed by atoms with Crippen molar-refractivity contribution in [2.24, 2.45) is 4.99 Å². The summed E-state index contributed by atoms with van der Waals surface area (Å²) in [7, 11) is 1.54. The maximum Gasteiger partial charge on any atom is 0.191 e. The molecule has 26 heavy (non-hydrogen) atoms. The summed E-state index contributed by atoms with van der Waals surface area (Å²) in [6.45, 7) is 8.37. The van der Waals surface area contributed by atoms with Crippen molar-refractivity contribution in [2.75, 3.05) is 20.2 Å². The first-order chi connectivity index (χ1) is 12.0. The molecule has 5 nitrogen and oxygen atoms in total. The number of benzene rings is 1. The SMILES string of the molecule is CCNC(=NCc1cccc(OC)c1O)NCC(C)(C)c1cccs1.I. The number of phenols is 1. The molecule has 0 unspecified atom stereocenters. The minimum Gasteiger partial charge on any atom is -0.504 e. The quantitative estimate of drug-likeness (QED) is 0.311. The largest absolute Gasteiger partial charge is 0.504 e. The molecule has 0 aliphatic heterocycles. The number of para-hydroxylation sites is 1. The Balaban J connectivity index is 0.00000338. The summed E-state index contributed by atoms with van der Waals surface area (Å²) < 4.78 is 5.14. The molecular weight excluding hydrogens is 461 g/mol. The number of hydrogen-bond donors (Lipinski definition) is 3. The first-order valence-electron chi connectivity index (χ1n) is 8.39. The van der Waals surface area contributed by atoms with Crippen molar-refractivity contribution < 1.29 is 9.84 Å². The van der Waals surface area contributed by atoms with Gasteiger partial charge in [-0.1, -0.05) is 32.0 Å². The Labute approximate surface area is 176 Å². The Bertz CT molecular complexity index is 703. The topological polar surface area (TPSA) is 65.9 Å². The first-order valence-corrected chi connectivity index (χ1v) is 9.27. The summed E-state index contributed by atoms with van der Waals surface area (Å²) in [6.07, 6.45) is 0. The molecule has 0 saturated carbocycles. The standard InChI is InChI=1S/C19H27N3O2S.HI/c1-5-20-18(22-13-19(2,3)16-10-7-11-25-16)21-12-14-8-6-9-15(24-4)17(14)23;/h6-11,23H,5,12-13H2,1-4H3,(H2,20,21,22);1H. The highest BCUT2D eigenvalue weighted by Gasteiger charge is 2.22. The van der Waals surface area contributed by atoms with E-state index in [1.807, 2.05) is 19.1 Å². The number of halogens is 1. The molecule has 2 aromatic rings. The van der Waals surface area contributed by atoms with Crippen LogP contribution in [0.5, 0.6) is 11.5 Å². The van der Waals surface area contributed by atoms with Crippen LogP contribution in [0.4, 0.5) is 0 Å². The minimum absolute atomic E-state index is 0. The molecule has 0 amide bonds. The Hall–Kier alpha value is -1.48. The highest BCUT2D eigenvalue weighted by molar-refractivity contribution is 14.0. The number of aromatic hydroxyl groups is 1. The third-order valence-corrected chi connectivity index (χ3v) is 5.18. The molecule has 0 saturated heterocycles. The van der Waals surface area contributed by atoms with Gasteiger partial charge in [-0.15, -0.1) is 35.3 Å². The maximum atomic E-state index is 10.2. The Morgan fingerprint density at radius 2 is 2.00 bits per heavy atom. The molecule has 0 atom stereocenters. The third-order valence-electron chi connectivity index (χ3n) is 3.94. The summed E-state index contributed by atoms with van der Waals surface area (Å²) in [6, 6.07) is 9.66. The smallest absolute Gasteiger partial charge is 0.191 e. The molecule has 1 aromatic heterocycles. The van der Waals surface area contributed by atoms with Gasteiger partial charge in [0.15, 0.2) is 17.5 Å². The van der Waals surface area contributed by atoms with Gasteiger partial charge in [-0.2, -0.15) is 0 Å². The number of nitrogens with zero attached hydrogens (tertiary/aromatic N) is 1. The highest BCUT2D eigenvalue weighted by atomic mass is 127. The van der Waals surface area contributed by atoms with Crippen LogP contribution in [0.2, 0.25) is 0 Å². The van der Waals surface area contributed by atoms with Crippen LogP contribution in [0.15, 0.2) is 40.7 Å². The van der Waals surface area contributed by atoms with Gasteiger partial charge in [0.25, 0.3) is 0 Å². The van der Waals surface area contributed by atoms with E-state index >= 15 is 0 Å². The highest BCUT2D eigenvalue weighted by Crippen LogP contribution is 2.30. The average Bonchev–Trinajstić information content (AvgIpc) is 3.14. The van der Waals surface area contributed by atoms with Crippen LogP contribution in [0, 0.1) is 0 Å². The lowest BCUT2D eigenvalue weighted by Gasteiger charge is -2.25. The van der Waals surface area contributed by atoms with Crippen LogP contribution >= 0.6 is 35.3 Å². The first kappa shape index (κ1) is 22.6. The zero-order valence-corrected chi connectivity index (χ0v) is 18.9. The number of nitrogens with one attached hydrogen (secondary N) is 2. The lowest BCUT2D eigenvalue weighted by molar-refractivity contribution is 0.370. The number of rotatable bonds is 7. The van der Waals surface area contributed by atoms with Crippen LogP contribution in [0.25, 0.3) is 0 Å². The average molecular weight is 489 g/mol. The Kier molecular flexibility index (Phi) is 9.21. The molecule has 0 bridgehead atoms. The monoisotopic (exact) mass is 489 g/mol. The Morgan fingerprint density at radius 3 is 2.62 bits per heavy atom. The van der Waals surface area contributed by atoms with Crippen LogP contribution in [-0.4, -0.2) is 31.3 Å². The summed E-state index contributed by atoms with van der Waals surface area (Å²) in [4.78, 5) is 5.92. The van der Waals surface area contributed by atoms with Gasteiger partial charge in [0.05, 0.1) is 13.7 Å². The summed E-state index contributed by atoms with van der Waals surface area (Å²) >= 11 is 1.76. The molecule has 2 rings (SSSR count). The van der Waals surface area contributed by atoms with Crippen molar-refractivity contribution in [3.05, 3.63) is 46.2 Å². The van der Waals surface area contributed by atoms with Crippen molar-refractivity contribution in [3.63, 3.8) is 0 Å². The maximum absolute atomic E-state index is 10.2. The fourth-order valence-corrected chi connectivity index (χ4v) is 3.27. The lowest BCUT2D eigenvalue weighted by Crippen LogP contribution is -2.43. The summed E-state index contributed by atoms with van der Waals surface area (Å²) in [5, 5.41) is 18.9. The van der Waals surface area contributed by atoms with Gasteiger partial charge >= 0.3 is 0 Å². The molecule has 1 aromatic carbocycles. The molecular formula is C19H28IN3O2S. The van der Waals surface area contributed by atoms with Crippen molar-refractivity contribution in [1.82, 2.24) is 10.6 Å². The van der Waals surface area contributed by atoms with Crippen LogP contribution in [0.1, 0.15) is 31.2 Å². The van der Waals surface area contributed by atoms with E-state index in [-0.39, 0.29) is 35.1 Å².